The molecule has 0 aliphatic rings. The number of carbonyl (C=O) groups excluding carboxylic acids is 2. The van der Waals surface area contributed by atoms with Gasteiger partial charge >= 0.3 is 0 Å². The zero-order valence-electron chi connectivity index (χ0n) is 29.7. The number of carbonyl (C=O) groups is 2. The van der Waals surface area contributed by atoms with Crippen molar-refractivity contribution in [3.63, 3.8) is 0 Å². The molecule has 0 radical (unpaired) electrons. The van der Waals surface area contributed by atoms with E-state index in [1.165, 1.54) is 103 Å². The summed E-state index contributed by atoms with van der Waals surface area (Å²) < 4.78 is 0. The first-order valence-electron chi connectivity index (χ1n) is 17.9. The summed E-state index contributed by atoms with van der Waals surface area (Å²) in [7, 11) is -1.12. The topological polar surface area (TPSA) is 80.3 Å². The summed E-state index contributed by atoms with van der Waals surface area (Å²) in [6.07, 6.45) is 36.7. The van der Waals surface area contributed by atoms with Crippen molar-refractivity contribution in [2.24, 2.45) is 0 Å². The molecule has 0 unspecified atom stereocenters. The van der Waals surface area contributed by atoms with Crippen molar-refractivity contribution >= 4 is 26.5 Å². The lowest BCUT2D eigenvalue weighted by Gasteiger charge is -2.28. The Morgan fingerprint density at radius 1 is 0.381 bits per heavy atom. The van der Waals surface area contributed by atoms with E-state index in [1.54, 1.807) is 49.3 Å². The zero-order valence-corrected chi connectivity index (χ0v) is 31.4. The molecule has 0 saturated heterocycles. The first kappa shape index (κ1) is 46.0. The lowest BCUT2D eigenvalue weighted by atomic mass is 10.4. The number of hydrogen-bond donors (Lipinski definition) is 0. The second-order valence-electron chi connectivity index (χ2n) is 12.3. The van der Waals surface area contributed by atoms with E-state index in [0.29, 0.717) is 12.2 Å². The van der Waals surface area contributed by atoms with Crippen LogP contribution in [0.25, 0.3) is 0 Å². The predicted octanol–water partition coefficient (Wildman–Crippen LogP) is 9.45. The van der Waals surface area contributed by atoms with Gasteiger partial charge in [-0.25, -0.2) is 0 Å². The van der Waals surface area contributed by atoms with Crippen molar-refractivity contribution in [2.75, 3.05) is 49.3 Å². The second kappa shape index (κ2) is 33.4. The highest BCUT2D eigenvalue weighted by atomic mass is 31.2. The first-order valence-corrected chi connectivity index (χ1v) is 23.0. The van der Waals surface area contributed by atoms with Crippen LogP contribution in [0.5, 0.6) is 0 Å². The van der Waals surface area contributed by atoms with Crippen LogP contribution in [0.1, 0.15) is 158 Å². The number of carboxylic acid groups (broad SMARTS) is 2. The minimum Gasteiger partial charge on any atom is -0.545 e. The highest BCUT2D eigenvalue weighted by molar-refractivity contribution is 7.76. The molecule has 0 spiro atoms. The third-order valence-electron chi connectivity index (χ3n) is 8.24. The van der Waals surface area contributed by atoms with Crippen LogP contribution in [0.15, 0.2) is 12.2 Å². The van der Waals surface area contributed by atoms with Crippen LogP contribution in [0.3, 0.4) is 0 Å². The molecule has 4 nitrogen and oxygen atoms in total. The van der Waals surface area contributed by atoms with Crippen LogP contribution in [0, 0.1) is 0 Å². The van der Waals surface area contributed by atoms with Crippen LogP contribution >= 0.6 is 14.5 Å². The van der Waals surface area contributed by atoms with Gasteiger partial charge in [0.1, 0.15) is 0 Å². The molecular formula is C36H74O4P2. The largest absolute Gasteiger partial charge is 0.545 e. The van der Waals surface area contributed by atoms with Crippen LogP contribution in [0.4, 0.5) is 0 Å². The number of carboxylic acids is 2. The van der Waals surface area contributed by atoms with Gasteiger partial charge in [0.15, 0.2) is 0 Å². The van der Waals surface area contributed by atoms with E-state index in [4.69, 9.17) is 0 Å². The summed E-state index contributed by atoms with van der Waals surface area (Å²) in [4.78, 5) is 18.8. The fourth-order valence-corrected chi connectivity index (χ4v) is 16.0. The average molecular weight is 633 g/mol. The molecule has 0 bridgehead atoms. The molecule has 6 heteroatoms. The quantitative estimate of drug-likeness (QED) is 0.0703. The van der Waals surface area contributed by atoms with E-state index in [0.717, 1.165) is 0 Å². The fourth-order valence-electron chi connectivity index (χ4n) is 5.43. The van der Waals surface area contributed by atoms with E-state index < -0.39 is 26.5 Å². The summed E-state index contributed by atoms with van der Waals surface area (Å²) in [6, 6.07) is 0. The minimum absolute atomic E-state index is 0.384. The van der Waals surface area contributed by atoms with E-state index in [1.807, 2.05) is 0 Å². The summed E-state index contributed by atoms with van der Waals surface area (Å²) in [5.41, 5.74) is 0. The summed E-state index contributed by atoms with van der Waals surface area (Å²) >= 11 is 0. The maximum atomic E-state index is 9.41. The number of hydrogen-bond acceptors (Lipinski definition) is 4. The van der Waals surface area contributed by atoms with Crippen molar-refractivity contribution in [2.45, 2.75) is 158 Å². The Balaban J connectivity index is -0.000000579. The van der Waals surface area contributed by atoms with Gasteiger partial charge in [0, 0.05) is 14.5 Å². The third-order valence-corrected chi connectivity index (χ3v) is 18.4. The van der Waals surface area contributed by atoms with Gasteiger partial charge in [-0.15, -0.1) is 0 Å². The molecule has 0 amide bonds. The van der Waals surface area contributed by atoms with Gasteiger partial charge < -0.3 is 19.8 Å². The first-order chi connectivity index (χ1) is 20.1. The van der Waals surface area contributed by atoms with Crippen molar-refractivity contribution in [1.29, 1.82) is 0 Å². The standard InChI is InChI=1S/2C16H36P.C4H4O4/c2*1-5-9-13-17(14-10-6-2,15-11-7-3)16-12-8-4;5-3(6)1-2-4(7)8/h2*5-16H2,1-4H3;1-2H,(H,5,6)(H,7,8)/q2*+1;/p-2. The van der Waals surface area contributed by atoms with E-state index in [2.05, 4.69) is 55.4 Å². The van der Waals surface area contributed by atoms with Crippen molar-refractivity contribution < 1.29 is 19.8 Å². The molecule has 0 fully saturated rings. The molecule has 252 valence electrons. The van der Waals surface area contributed by atoms with Gasteiger partial charge in [0.2, 0.25) is 0 Å². The zero-order chi connectivity index (χ0) is 32.5. The predicted molar refractivity (Wildman–Crippen MR) is 191 cm³/mol. The minimum atomic E-state index is -1.55. The monoisotopic (exact) mass is 633 g/mol. The fraction of sp³-hybridized carbons (Fsp3) is 0.889. The lowest BCUT2D eigenvalue weighted by Crippen LogP contribution is -2.23. The molecule has 0 N–H and O–H groups in total. The van der Waals surface area contributed by atoms with Gasteiger partial charge in [-0.1, -0.05) is 107 Å². The lowest BCUT2D eigenvalue weighted by molar-refractivity contribution is -0.301. The molecule has 0 aromatic carbocycles. The van der Waals surface area contributed by atoms with Crippen molar-refractivity contribution in [3.8, 4) is 0 Å². The molecular weight excluding hydrogens is 558 g/mol. The number of rotatable bonds is 26. The Bertz CT molecular complexity index is 495. The highest BCUT2D eigenvalue weighted by Gasteiger charge is 2.35. The van der Waals surface area contributed by atoms with E-state index in [9.17, 15) is 19.8 Å². The van der Waals surface area contributed by atoms with E-state index in [-0.39, 0.29) is 0 Å². The molecule has 0 aromatic heterocycles. The molecule has 0 rings (SSSR count). The molecule has 0 aliphatic carbocycles. The maximum Gasteiger partial charge on any atom is 0.0643 e. The van der Waals surface area contributed by atoms with Gasteiger partial charge in [0.25, 0.3) is 0 Å². The van der Waals surface area contributed by atoms with Crippen molar-refractivity contribution in [3.05, 3.63) is 12.2 Å². The second-order valence-corrected chi connectivity index (χ2v) is 21.2. The third kappa shape index (κ3) is 29.6. The van der Waals surface area contributed by atoms with Crippen LogP contribution < -0.4 is 10.2 Å². The van der Waals surface area contributed by atoms with Gasteiger partial charge in [-0.2, -0.15) is 0 Å². The Morgan fingerprint density at radius 2 is 0.524 bits per heavy atom. The summed E-state index contributed by atoms with van der Waals surface area (Å²) in [6.45, 7) is 18.8. The number of aliphatic carboxylic acids is 2. The van der Waals surface area contributed by atoms with Gasteiger partial charge in [-0.05, 0) is 63.5 Å². The normalized spacial score (nSPS) is 11.5. The molecule has 42 heavy (non-hydrogen) atoms. The van der Waals surface area contributed by atoms with Gasteiger partial charge in [-0.3, -0.25) is 0 Å². The molecule has 0 aromatic rings. The molecule has 0 heterocycles. The Hall–Kier alpha value is -0.460. The Kier molecular flexibility index (Phi) is 36.6. The SMILES string of the molecule is CCCC[P+](CCCC)(CCCC)CCCC.CCCC[P+](CCCC)(CCCC)CCCC.O=C([O-])C=CC(=O)[O-]. The average Bonchev–Trinajstić information content (AvgIpc) is 2.99. The van der Waals surface area contributed by atoms with Crippen LogP contribution in [-0.4, -0.2) is 61.2 Å². The Labute approximate surface area is 265 Å². The molecule has 0 aliphatic heterocycles. The number of unbranched alkanes of at least 4 members (excludes halogenated alkanes) is 8. The smallest absolute Gasteiger partial charge is 0.0643 e. The summed E-state index contributed by atoms with van der Waals surface area (Å²) in [5, 5.41) is 18.8. The van der Waals surface area contributed by atoms with Crippen LogP contribution in [-0.2, 0) is 9.59 Å². The Morgan fingerprint density at radius 3 is 0.619 bits per heavy atom. The summed E-state index contributed by atoms with van der Waals surface area (Å²) in [5.74, 6) is -3.09. The molecule has 0 atom stereocenters. The van der Waals surface area contributed by atoms with Gasteiger partial charge in [0.05, 0.1) is 61.2 Å². The van der Waals surface area contributed by atoms with Crippen molar-refractivity contribution in [1.82, 2.24) is 0 Å². The highest BCUT2D eigenvalue weighted by Crippen LogP contribution is 2.62. The molecule has 0 saturated carbocycles. The maximum absolute atomic E-state index is 9.41. The van der Waals surface area contributed by atoms with Crippen LogP contribution in [0.2, 0.25) is 0 Å². The van der Waals surface area contributed by atoms with E-state index >= 15 is 0 Å².